The zero-order valence-corrected chi connectivity index (χ0v) is 20.1. The van der Waals surface area contributed by atoms with Crippen LogP contribution in [0.3, 0.4) is 0 Å². The number of fused-ring (bicyclic) bond motifs is 1. The maximum absolute atomic E-state index is 12.9. The maximum Gasteiger partial charge on any atom is 0.295 e. The van der Waals surface area contributed by atoms with Gasteiger partial charge in [0.1, 0.15) is 9.79 Å². The highest BCUT2D eigenvalue weighted by Gasteiger charge is 2.28. The Morgan fingerprint density at radius 2 is 1.29 bits per heavy atom. The van der Waals surface area contributed by atoms with E-state index in [1.165, 1.54) is 12.1 Å². The first-order valence-electron chi connectivity index (χ1n) is 8.74. The lowest BCUT2D eigenvalue weighted by atomic mass is 10.1. The molecule has 13 nitrogen and oxygen atoms in total. The van der Waals surface area contributed by atoms with E-state index in [1.54, 1.807) is 6.92 Å². The fourth-order valence-electron chi connectivity index (χ4n) is 3.05. The first kappa shape index (κ1) is 25.8. The summed E-state index contributed by atoms with van der Waals surface area (Å²) in [4.78, 5) is -3.79. The Morgan fingerprint density at radius 3 is 1.79 bits per heavy atom. The number of nitrogen functional groups attached to an aromatic ring is 1. The molecule has 0 amide bonds. The van der Waals surface area contributed by atoms with Crippen molar-refractivity contribution < 1.29 is 47.3 Å². The van der Waals surface area contributed by atoms with Crippen LogP contribution in [0.15, 0.2) is 62.0 Å². The van der Waals surface area contributed by atoms with Crippen molar-refractivity contribution in [2.45, 2.75) is 26.5 Å². The van der Waals surface area contributed by atoms with E-state index in [0.29, 0.717) is 23.8 Å². The first-order valence-corrected chi connectivity index (χ1v) is 14.5. The molecule has 17 heteroatoms. The molecule has 3 rings (SSSR count). The second-order valence-electron chi connectivity index (χ2n) is 7.00. The molecule has 34 heavy (non-hydrogen) atoms. The molecule has 3 aromatic rings. The number of hydrogen-bond donors (Lipinski definition) is 5. The van der Waals surface area contributed by atoms with Crippen LogP contribution >= 0.6 is 0 Å². The summed E-state index contributed by atoms with van der Waals surface area (Å²) in [6.45, 7) is 1.62. The van der Waals surface area contributed by atoms with Crippen LogP contribution in [0, 0.1) is 6.92 Å². The molecule has 0 aromatic heterocycles. The molecule has 0 unspecified atom stereocenters. The SMILES string of the molecule is Cc1ccc(S(=O)(=O)Nc2ccc(S(=O)(=O)O)c3cc(S(=O)(=O)O)cc(S(=O)(=O)O)c23)cc1N. The standard InChI is InChI=1S/C17H16N2O11S4/c1-9-2-3-10(7-13(9)18)31(20,21)19-14-4-5-15(33(25,26)27)12-6-11(32(22,23)24)8-16(17(12)14)34(28,29)30/h2-8,19H,18H2,1H3,(H,22,23,24)(H,25,26,27)(H,28,29,30). The van der Waals surface area contributed by atoms with Crippen LogP contribution in [-0.2, 0) is 40.4 Å². The van der Waals surface area contributed by atoms with Crippen molar-refractivity contribution in [3.63, 3.8) is 0 Å². The summed E-state index contributed by atoms with van der Waals surface area (Å²) in [5.74, 6) is 0. The molecule has 184 valence electrons. The van der Waals surface area contributed by atoms with Gasteiger partial charge in [-0.2, -0.15) is 25.3 Å². The van der Waals surface area contributed by atoms with E-state index in [1.807, 2.05) is 4.72 Å². The maximum atomic E-state index is 12.9. The summed E-state index contributed by atoms with van der Waals surface area (Å²) in [5.41, 5.74) is 5.81. The second kappa shape index (κ2) is 8.15. The Bertz CT molecular complexity index is 1780. The van der Waals surface area contributed by atoms with Gasteiger partial charge in [0.2, 0.25) is 0 Å². The number of benzene rings is 3. The molecule has 0 radical (unpaired) electrons. The van der Waals surface area contributed by atoms with Crippen LogP contribution in [0.2, 0.25) is 0 Å². The Morgan fingerprint density at radius 1 is 0.706 bits per heavy atom. The van der Waals surface area contributed by atoms with Crippen LogP contribution < -0.4 is 10.5 Å². The monoisotopic (exact) mass is 552 g/mol. The predicted octanol–water partition coefficient (Wildman–Crippen LogP) is 1.27. The van der Waals surface area contributed by atoms with E-state index >= 15 is 0 Å². The highest BCUT2D eigenvalue weighted by atomic mass is 32.2. The molecule has 6 N–H and O–H groups in total. The molecule has 0 aliphatic rings. The van der Waals surface area contributed by atoms with Gasteiger partial charge in [0, 0.05) is 16.5 Å². The highest BCUT2D eigenvalue weighted by Crippen LogP contribution is 2.37. The Labute approximate surface area is 194 Å². The molecular formula is C17H16N2O11S4. The van der Waals surface area contributed by atoms with Gasteiger partial charge < -0.3 is 5.73 Å². The summed E-state index contributed by atoms with van der Waals surface area (Å²) >= 11 is 0. The van der Waals surface area contributed by atoms with Crippen molar-refractivity contribution in [1.29, 1.82) is 0 Å². The lowest BCUT2D eigenvalue weighted by Gasteiger charge is -2.16. The molecule has 0 bridgehead atoms. The molecule has 0 heterocycles. The van der Waals surface area contributed by atoms with E-state index < -0.39 is 71.5 Å². The molecule has 0 spiro atoms. The highest BCUT2D eigenvalue weighted by molar-refractivity contribution is 7.92. The van der Waals surface area contributed by atoms with E-state index in [2.05, 4.69) is 0 Å². The molecule has 0 aliphatic heterocycles. The van der Waals surface area contributed by atoms with Gasteiger partial charge in [-0.25, -0.2) is 8.42 Å². The summed E-state index contributed by atoms with van der Waals surface area (Å²) in [6, 6.07) is 5.91. The molecule has 0 saturated heterocycles. The van der Waals surface area contributed by atoms with Crippen molar-refractivity contribution >= 4 is 62.5 Å². The number of sulfonamides is 1. The van der Waals surface area contributed by atoms with Crippen molar-refractivity contribution in [2.24, 2.45) is 0 Å². The van der Waals surface area contributed by atoms with Crippen molar-refractivity contribution in [1.82, 2.24) is 0 Å². The smallest absolute Gasteiger partial charge is 0.295 e. The second-order valence-corrected chi connectivity index (χ2v) is 12.9. The third-order valence-electron chi connectivity index (χ3n) is 4.67. The van der Waals surface area contributed by atoms with Crippen molar-refractivity contribution in [2.75, 3.05) is 10.5 Å². The van der Waals surface area contributed by atoms with Gasteiger partial charge in [-0.05, 0) is 48.9 Å². The number of nitrogens with two attached hydrogens (primary N) is 1. The largest absolute Gasteiger partial charge is 0.398 e. The molecule has 3 aromatic carbocycles. The van der Waals surface area contributed by atoms with E-state index in [0.717, 1.165) is 12.1 Å². The molecule has 0 saturated carbocycles. The lowest BCUT2D eigenvalue weighted by molar-refractivity contribution is 0.478. The minimum atomic E-state index is -5.34. The fourth-order valence-corrected chi connectivity index (χ4v) is 6.19. The van der Waals surface area contributed by atoms with Gasteiger partial charge in [0.25, 0.3) is 40.4 Å². The summed E-state index contributed by atoms with van der Waals surface area (Å²) < 4.78 is 127. The number of aryl methyl sites for hydroxylation is 1. The third-order valence-corrected chi connectivity index (χ3v) is 8.66. The number of rotatable bonds is 6. The quantitative estimate of drug-likeness (QED) is 0.215. The van der Waals surface area contributed by atoms with Gasteiger partial charge in [0.05, 0.1) is 15.5 Å². The van der Waals surface area contributed by atoms with Crippen LogP contribution in [0.1, 0.15) is 5.56 Å². The Hall–Kier alpha value is -2.80. The van der Waals surface area contributed by atoms with Crippen molar-refractivity contribution in [3.8, 4) is 0 Å². The van der Waals surface area contributed by atoms with Gasteiger partial charge in [-0.15, -0.1) is 0 Å². The zero-order valence-electron chi connectivity index (χ0n) is 16.9. The van der Waals surface area contributed by atoms with Gasteiger partial charge in [-0.3, -0.25) is 18.4 Å². The molecule has 0 fully saturated rings. The lowest BCUT2D eigenvalue weighted by Crippen LogP contribution is -2.15. The third kappa shape index (κ3) is 4.99. The van der Waals surface area contributed by atoms with Gasteiger partial charge in [0.15, 0.2) is 0 Å². The number of hydrogen-bond acceptors (Lipinski definition) is 9. The Balaban J connectivity index is 2.46. The van der Waals surface area contributed by atoms with E-state index in [4.69, 9.17) is 5.73 Å². The molecule has 0 atom stereocenters. The van der Waals surface area contributed by atoms with Crippen LogP contribution in [0.25, 0.3) is 10.8 Å². The molecule has 0 aliphatic carbocycles. The van der Waals surface area contributed by atoms with Crippen molar-refractivity contribution in [3.05, 3.63) is 48.0 Å². The Kier molecular flexibility index (Phi) is 6.19. The predicted molar refractivity (Wildman–Crippen MR) is 120 cm³/mol. The summed E-state index contributed by atoms with van der Waals surface area (Å²) in [7, 11) is -20.1. The zero-order chi connectivity index (χ0) is 25.9. The normalized spacial score (nSPS) is 13.2. The van der Waals surface area contributed by atoms with Crippen LogP contribution in [0.5, 0.6) is 0 Å². The number of anilines is 2. The average Bonchev–Trinajstić information content (AvgIpc) is 2.66. The topological polar surface area (TPSA) is 235 Å². The summed E-state index contributed by atoms with van der Waals surface area (Å²) in [5, 5.41) is -1.62. The van der Waals surface area contributed by atoms with E-state index in [9.17, 15) is 47.3 Å². The minimum Gasteiger partial charge on any atom is -0.398 e. The molecular weight excluding hydrogens is 536 g/mol. The van der Waals surface area contributed by atoms with Gasteiger partial charge in [-0.1, -0.05) is 6.07 Å². The number of nitrogens with one attached hydrogen (secondary N) is 1. The van der Waals surface area contributed by atoms with Gasteiger partial charge >= 0.3 is 0 Å². The minimum absolute atomic E-state index is 0.117. The summed E-state index contributed by atoms with van der Waals surface area (Å²) in [6.07, 6.45) is 0. The van der Waals surface area contributed by atoms with E-state index in [-0.39, 0.29) is 10.6 Å². The fraction of sp³-hybridized carbons (Fsp3) is 0.0588. The average molecular weight is 553 g/mol. The first-order chi connectivity index (χ1) is 15.3. The van der Waals surface area contributed by atoms with Crippen LogP contribution in [-0.4, -0.2) is 47.3 Å². The van der Waals surface area contributed by atoms with Crippen LogP contribution in [0.4, 0.5) is 11.4 Å².